The molecule has 0 spiro atoms. The highest BCUT2D eigenvalue weighted by Gasteiger charge is 2.32. The average molecular weight is 444 g/mol. The van der Waals surface area contributed by atoms with Gasteiger partial charge in [-0.3, -0.25) is 4.79 Å². The van der Waals surface area contributed by atoms with Gasteiger partial charge in [0, 0.05) is 39.4 Å². The van der Waals surface area contributed by atoms with E-state index >= 15 is 0 Å². The Morgan fingerprint density at radius 3 is 2.53 bits per heavy atom. The van der Waals surface area contributed by atoms with Crippen LogP contribution in [0, 0.1) is 6.92 Å². The van der Waals surface area contributed by atoms with Gasteiger partial charge in [-0.05, 0) is 25.0 Å². The third-order valence-corrected chi connectivity index (χ3v) is 6.88. The second-order valence-electron chi connectivity index (χ2n) is 7.25. The largest absolute Gasteiger partial charge is 0.416 e. The number of amides is 1. The van der Waals surface area contributed by atoms with Gasteiger partial charge >= 0.3 is 6.18 Å². The number of carbonyl (C=O) groups is 1. The third-order valence-electron chi connectivity index (χ3n) is 5.11. The third kappa shape index (κ3) is 4.84. The Labute approximate surface area is 173 Å². The number of halogens is 3. The summed E-state index contributed by atoms with van der Waals surface area (Å²) >= 11 is 0. The standard InChI is InChI=1S/C19H23F3N4O3S/c1-14-23-17(13-24(14)2)30(28,29)26-8-4-7-25(9-10-26)18(27)12-15-5-3-6-16(11-15)19(20,21)22/h3,5-6,11,13H,4,7-10,12H2,1-2H3. The fourth-order valence-electron chi connectivity index (χ4n) is 3.31. The first-order valence-electron chi connectivity index (χ1n) is 9.42. The van der Waals surface area contributed by atoms with E-state index in [1.165, 1.54) is 27.5 Å². The van der Waals surface area contributed by atoms with Crippen molar-refractivity contribution < 1.29 is 26.4 Å². The molecule has 1 fully saturated rings. The summed E-state index contributed by atoms with van der Waals surface area (Å²) < 4.78 is 67.2. The molecule has 0 atom stereocenters. The minimum Gasteiger partial charge on any atom is -0.341 e. The Bertz CT molecular complexity index is 1010. The van der Waals surface area contributed by atoms with Gasteiger partial charge in [-0.1, -0.05) is 18.2 Å². The van der Waals surface area contributed by atoms with Crippen LogP contribution in [0.25, 0.3) is 0 Å². The molecule has 0 unspecified atom stereocenters. The molecule has 11 heteroatoms. The van der Waals surface area contributed by atoms with Crippen LogP contribution in [-0.2, 0) is 34.5 Å². The Morgan fingerprint density at radius 2 is 1.90 bits per heavy atom. The van der Waals surface area contributed by atoms with Crippen LogP contribution in [0.3, 0.4) is 0 Å². The summed E-state index contributed by atoms with van der Waals surface area (Å²) in [6.45, 7) is 2.56. The second-order valence-corrected chi connectivity index (χ2v) is 9.14. The number of aryl methyl sites for hydroxylation is 2. The van der Waals surface area contributed by atoms with Crippen LogP contribution in [0.2, 0.25) is 0 Å². The highest BCUT2D eigenvalue weighted by molar-refractivity contribution is 7.89. The molecule has 164 valence electrons. The molecule has 0 N–H and O–H groups in total. The molecule has 2 heterocycles. The van der Waals surface area contributed by atoms with Gasteiger partial charge in [0.2, 0.25) is 5.91 Å². The molecule has 0 bridgehead atoms. The first-order valence-corrected chi connectivity index (χ1v) is 10.9. The van der Waals surface area contributed by atoms with Crippen LogP contribution in [-0.4, -0.2) is 59.3 Å². The van der Waals surface area contributed by atoms with Gasteiger partial charge < -0.3 is 9.47 Å². The van der Waals surface area contributed by atoms with Crippen molar-refractivity contribution in [2.45, 2.75) is 31.0 Å². The zero-order valence-electron chi connectivity index (χ0n) is 16.7. The number of hydrogen-bond acceptors (Lipinski definition) is 4. The molecule has 30 heavy (non-hydrogen) atoms. The number of benzene rings is 1. The van der Waals surface area contributed by atoms with Crippen LogP contribution in [0.1, 0.15) is 23.4 Å². The summed E-state index contributed by atoms with van der Waals surface area (Å²) in [6.07, 6.45) is -2.76. The molecule has 1 saturated heterocycles. The molecular weight excluding hydrogens is 421 g/mol. The zero-order chi connectivity index (χ0) is 22.1. The Balaban J connectivity index is 1.67. The quantitative estimate of drug-likeness (QED) is 0.725. The summed E-state index contributed by atoms with van der Waals surface area (Å²) in [6, 6.07) is 4.68. The number of sulfonamides is 1. The first-order chi connectivity index (χ1) is 14.0. The number of rotatable bonds is 4. The topological polar surface area (TPSA) is 75.5 Å². The van der Waals surface area contributed by atoms with E-state index < -0.39 is 21.8 Å². The molecule has 0 saturated carbocycles. The van der Waals surface area contributed by atoms with Crippen molar-refractivity contribution in [2.24, 2.45) is 7.05 Å². The van der Waals surface area contributed by atoms with Crippen molar-refractivity contribution in [3.05, 3.63) is 47.4 Å². The van der Waals surface area contributed by atoms with Gasteiger partial charge in [-0.15, -0.1) is 0 Å². The number of nitrogens with zero attached hydrogens (tertiary/aromatic N) is 4. The van der Waals surface area contributed by atoms with E-state index in [0.29, 0.717) is 18.8 Å². The van der Waals surface area contributed by atoms with Crippen molar-refractivity contribution in [2.75, 3.05) is 26.2 Å². The molecule has 7 nitrogen and oxygen atoms in total. The van der Waals surface area contributed by atoms with Crippen LogP contribution in [0.15, 0.2) is 35.5 Å². The fourth-order valence-corrected chi connectivity index (χ4v) is 4.81. The monoisotopic (exact) mass is 444 g/mol. The number of aromatic nitrogens is 2. The van der Waals surface area contributed by atoms with Crippen molar-refractivity contribution in [1.82, 2.24) is 18.8 Å². The van der Waals surface area contributed by atoms with Crippen LogP contribution in [0.5, 0.6) is 0 Å². The van der Waals surface area contributed by atoms with Gasteiger partial charge in [-0.25, -0.2) is 13.4 Å². The lowest BCUT2D eigenvalue weighted by atomic mass is 10.1. The van der Waals surface area contributed by atoms with E-state index in [1.807, 2.05) is 0 Å². The number of imidazole rings is 1. The maximum Gasteiger partial charge on any atom is 0.416 e. The van der Waals surface area contributed by atoms with E-state index in [-0.39, 0.29) is 42.6 Å². The molecule has 1 amide bonds. The van der Waals surface area contributed by atoms with Crippen molar-refractivity contribution in [1.29, 1.82) is 0 Å². The zero-order valence-corrected chi connectivity index (χ0v) is 17.5. The summed E-state index contributed by atoms with van der Waals surface area (Å²) in [5, 5.41) is -0.0359. The Morgan fingerprint density at radius 1 is 1.17 bits per heavy atom. The highest BCUT2D eigenvalue weighted by Crippen LogP contribution is 2.29. The van der Waals surface area contributed by atoms with Crippen molar-refractivity contribution >= 4 is 15.9 Å². The van der Waals surface area contributed by atoms with Gasteiger partial charge in [0.25, 0.3) is 10.0 Å². The summed E-state index contributed by atoms with van der Waals surface area (Å²) in [5.74, 6) is 0.239. The molecule has 0 aliphatic carbocycles. The van der Waals surface area contributed by atoms with Gasteiger partial charge in [0.15, 0.2) is 5.03 Å². The van der Waals surface area contributed by atoms with Crippen molar-refractivity contribution in [3.8, 4) is 0 Å². The summed E-state index contributed by atoms with van der Waals surface area (Å²) in [4.78, 5) is 18.2. The highest BCUT2D eigenvalue weighted by atomic mass is 32.2. The predicted molar refractivity (Wildman–Crippen MR) is 103 cm³/mol. The summed E-state index contributed by atoms with van der Waals surface area (Å²) in [7, 11) is -2.07. The fraction of sp³-hybridized carbons (Fsp3) is 0.474. The lowest BCUT2D eigenvalue weighted by molar-refractivity contribution is -0.138. The molecule has 2 aromatic rings. The first kappa shape index (κ1) is 22.3. The maximum atomic E-state index is 12.9. The average Bonchev–Trinajstić information content (AvgIpc) is 2.87. The van der Waals surface area contributed by atoms with Gasteiger partial charge in [-0.2, -0.15) is 17.5 Å². The van der Waals surface area contributed by atoms with Crippen molar-refractivity contribution in [3.63, 3.8) is 0 Å². The molecule has 0 radical (unpaired) electrons. The van der Waals surface area contributed by atoms with Gasteiger partial charge in [0.05, 0.1) is 12.0 Å². The number of hydrogen-bond donors (Lipinski definition) is 0. The maximum absolute atomic E-state index is 12.9. The van der Waals surface area contributed by atoms with E-state index in [0.717, 1.165) is 12.1 Å². The number of alkyl halides is 3. The predicted octanol–water partition coefficient (Wildman–Crippen LogP) is 2.21. The lowest BCUT2D eigenvalue weighted by Gasteiger charge is -2.21. The molecule has 3 rings (SSSR count). The molecule has 1 aliphatic rings. The normalized spacial score (nSPS) is 16.5. The van der Waals surface area contributed by atoms with Crippen LogP contribution >= 0.6 is 0 Å². The van der Waals surface area contributed by atoms with Crippen LogP contribution in [0.4, 0.5) is 13.2 Å². The van der Waals surface area contributed by atoms with E-state index in [2.05, 4.69) is 4.98 Å². The minimum atomic E-state index is -4.47. The molecule has 1 aliphatic heterocycles. The molecular formula is C19H23F3N4O3S. The Hall–Kier alpha value is -2.40. The van der Waals surface area contributed by atoms with E-state index in [1.54, 1.807) is 18.5 Å². The minimum absolute atomic E-state index is 0.0359. The van der Waals surface area contributed by atoms with Gasteiger partial charge in [0.1, 0.15) is 5.82 Å². The smallest absolute Gasteiger partial charge is 0.341 e. The molecule has 1 aromatic carbocycles. The summed E-state index contributed by atoms with van der Waals surface area (Å²) in [5.41, 5.74) is -0.529. The molecule has 1 aromatic heterocycles. The van der Waals surface area contributed by atoms with E-state index in [9.17, 15) is 26.4 Å². The van der Waals surface area contributed by atoms with E-state index in [4.69, 9.17) is 0 Å². The lowest BCUT2D eigenvalue weighted by Crippen LogP contribution is -2.38. The number of carbonyl (C=O) groups excluding carboxylic acids is 1. The SMILES string of the molecule is Cc1nc(S(=O)(=O)N2CCCN(C(=O)Cc3cccc(C(F)(F)F)c3)CC2)cn1C. The van der Waals surface area contributed by atoms with Crippen LogP contribution < -0.4 is 0 Å². The second kappa shape index (κ2) is 8.38. The Kier molecular flexibility index (Phi) is 6.23.